The molecule has 1 atom stereocenters. The lowest BCUT2D eigenvalue weighted by Gasteiger charge is -2.35. The third kappa shape index (κ3) is 2.82. The van der Waals surface area contributed by atoms with Crippen molar-refractivity contribution in [2.75, 3.05) is 19.8 Å². The number of alkyl halides is 1. The highest BCUT2D eigenvalue weighted by Crippen LogP contribution is 2.30. The molecular formula is C14H20FN. The molecule has 0 amide bonds. The van der Waals surface area contributed by atoms with Crippen molar-refractivity contribution in [1.82, 2.24) is 4.90 Å². The summed E-state index contributed by atoms with van der Waals surface area (Å²) in [6, 6.07) is 11.1. The maximum atomic E-state index is 12.3. The Morgan fingerprint density at radius 1 is 1.19 bits per heavy atom. The second-order valence-electron chi connectivity index (χ2n) is 4.50. The molecule has 0 N–H and O–H groups in total. The average Bonchev–Trinajstić information content (AvgIpc) is 2.38. The first-order valence-corrected chi connectivity index (χ1v) is 6.27. The molecule has 1 aliphatic heterocycles. The molecule has 0 radical (unpaired) electrons. The number of hydrogen-bond donors (Lipinski definition) is 0. The minimum atomic E-state index is -0.196. The Hall–Kier alpha value is -0.890. The van der Waals surface area contributed by atoms with Gasteiger partial charge in [0.2, 0.25) is 0 Å². The van der Waals surface area contributed by atoms with Gasteiger partial charge in [-0.15, -0.1) is 0 Å². The van der Waals surface area contributed by atoms with Crippen LogP contribution in [0.3, 0.4) is 0 Å². The van der Waals surface area contributed by atoms with E-state index in [9.17, 15) is 4.39 Å². The lowest BCUT2D eigenvalue weighted by atomic mass is 9.95. The zero-order chi connectivity index (χ0) is 11.2. The predicted molar refractivity (Wildman–Crippen MR) is 65.2 cm³/mol. The van der Waals surface area contributed by atoms with Crippen molar-refractivity contribution in [2.45, 2.75) is 31.7 Å². The van der Waals surface area contributed by atoms with Crippen molar-refractivity contribution in [2.24, 2.45) is 0 Å². The van der Waals surface area contributed by atoms with E-state index in [0.29, 0.717) is 12.5 Å². The second-order valence-corrected chi connectivity index (χ2v) is 4.50. The van der Waals surface area contributed by atoms with Crippen LogP contribution in [0.1, 0.15) is 37.3 Å². The molecule has 2 rings (SSSR count). The SMILES string of the molecule is FCCCN1CCCCC1c1ccccc1. The zero-order valence-corrected chi connectivity index (χ0v) is 9.74. The summed E-state index contributed by atoms with van der Waals surface area (Å²) in [4.78, 5) is 2.44. The molecule has 0 aromatic heterocycles. The topological polar surface area (TPSA) is 3.24 Å². The molecule has 2 heteroatoms. The summed E-state index contributed by atoms with van der Waals surface area (Å²) in [5.41, 5.74) is 1.39. The first-order valence-electron chi connectivity index (χ1n) is 6.27. The largest absolute Gasteiger partial charge is 0.296 e. The summed E-state index contributed by atoms with van der Waals surface area (Å²) >= 11 is 0. The summed E-state index contributed by atoms with van der Waals surface area (Å²) in [5, 5.41) is 0. The fourth-order valence-corrected chi connectivity index (χ4v) is 2.57. The predicted octanol–water partition coefficient (Wildman–Crippen LogP) is 3.57. The van der Waals surface area contributed by atoms with Gasteiger partial charge in [-0.3, -0.25) is 9.29 Å². The van der Waals surface area contributed by atoms with Gasteiger partial charge in [0.05, 0.1) is 6.67 Å². The van der Waals surface area contributed by atoms with Crippen LogP contribution in [0.5, 0.6) is 0 Å². The Labute approximate surface area is 97.3 Å². The lowest BCUT2D eigenvalue weighted by Crippen LogP contribution is -2.34. The zero-order valence-electron chi connectivity index (χ0n) is 9.74. The smallest absolute Gasteiger partial charge is 0.0906 e. The van der Waals surface area contributed by atoms with Crippen molar-refractivity contribution in [1.29, 1.82) is 0 Å². The fraction of sp³-hybridized carbons (Fsp3) is 0.571. The highest BCUT2D eigenvalue weighted by molar-refractivity contribution is 5.19. The molecule has 1 unspecified atom stereocenters. The highest BCUT2D eigenvalue weighted by atomic mass is 19.1. The number of rotatable bonds is 4. The Morgan fingerprint density at radius 2 is 2.00 bits per heavy atom. The molecule has 1 aliphatic rings. The fourth-order valence-electron chi connectivity index (χ4n) is 2.57. The van der Waals surface area contributed by atoms with E-state index in [1.54, 1.807) is 0 Å². The minimum absolute atomic E-state index is 0.196. The van der Waals surface area contributed by atoms with E-state index >= 15 is 0 Å². The van der Waals surface area contributed by atoms with Crippen LogP contribution in [0.4, 0.5) is 4.39 Å². The third-order valence-electron chi connectivity index (χ3n) is 3.38. The van der Waals surface area contributed by atoms with E-state index in [2.05, 4.69) is 35.2 Å². The van der Waals surface area contributed by atoms with E-state index in [1.165, 1.54) is 24.8 Å². The van der Waals surface area contributed by atoms with Crippen molar-refractivity contribution in [3.8, 4) is 0 Å². The molecular weight excluding hydrogens is 201 g/mol. The monoisotopic (exact) mass is 221 g/mol. The molecule has 1 aromatic carbocycles. The van der Waals surface area contributed by atoms with Gasteiger partial charge in [-0.1, -0.05) is 36.8 Å². The molecule has 1 nitrogen and oxygen atoms in total. The minimum Gasteiger partial charge on any atom is -0.296 e. The van der Waals surface area contributed by atoms with Crippen LogP contribution < -0.4 is 0 Å². The van der Waals surface area contributed by atoms with E-state index in [0.717, 1.165) is 13.1 Å². The Balaban J connectivity index is 2.04. The highest BCUT2D eigenvalue weighted by Gasteiger charge is 2.22. The number of hydrogen-bond acceptors (Lipinski definition) is 1. The van der Waals surface area contributed by atoms with E-state index in [1.807, 2.05) is 0 Å². The second kappa shape index (κ2) is 6.00. The van der Waals surface area contributed by atoms with Gasteiger partial charge in [-0.25, -0.2) is 0 Å². The van der Waals surface area contributed by atoms with E-state index in [4.69, 9.17) is 0 Å². The maximum Gasteiger partial charge on any atom is 0.0906 e. The van der Waals surface area contributed by atoms with E-state index < -0.39 is 0 Å². The Bertz CT molecular complexity index is 299. The van der Waals surface area contributed by atoms with Crippen molar-refractivity contribution < 1.29 is 4.39 Å². The summed E-state index contributed by atoms with van der Waals surface area (Å²) in [6.45, 7) is 1.83. The number of halogens is 1. The molecule has 1 aromatic rings. The van der Waals surface area contributed by atoms with Gasteiger partial charge in [0, 0.05) is 12.6 Å². The van der Waals surface area contributed by atoms with Gasteiger partial charge >= 0.3 is 0 Å². The van der Waals surface area contributed by atoms with Gasteiger partial charge < -0.3 is 0 Å². The Morgan fingerprint density at radius 3 is 2.75 bits per heavy atom. The van der Waals surface area contributed by atoms with Gasteiger partial charge in [0.25, 0.3) is 0 Å². The lowest BCUT2D eigenvalue weighted by molar-refractivity contribution is 0.143. The standard InChI is InChI=1S/C14H20FN/c15-10-6-12-16-11-5-4-9-14(16)13-7-2-1-3-8-13/h1-3,7-8,14H,4-6,9-12H2. The van der Waals surface area contributed by atoms with Crippen LogP contribution in [0.15, 0.2) is 30.3 Å². The van der Waals surface area contributed by atoms with Gasteiger partial charge in [-0.2, -0.15) is 0 Å². The molecule has 1 fully saturated rings. The Kier molecular flexibility index (Phi) is 4.34. The molecule has 16 heavy (non-hydrogen) atoms. The van der Waals surface area contributed by atoms with Crippen molar-refractivity contribution in [3.05, 3.63) is 35.9 Å². The number of nitrogens with zero attached hydrogens (tertiary/aromatic N) is 1. The molecule has 0 spiro atoms. The summed E-state index contributed by atoms with van der Waals surface area (Å²) in [7, 11) is 0. The van der Waals surface area contributed by atoms with Crippen molar-refractivity contribution >= 4 is 0 Å². The quantitative estimate of drug-likeness (QED) is 0.751. The molecule has 1 saturated heterocycles. The molecule has 1 heterocycles. The summed E-state index contributed by atoms with van der Waals surface area (Å²) in [5.74, 6) is 0. The van der Waals surface area contributed by atoms with Gasteiger partial charge in [-0.05, 0) is 31.4 Å². The van der Waals surface area contributed by atoms with Crippen LogP contribution in [0.2, 0.25) is 0 Å². The van der Waals surface area contributed by atoms with Gasteiger partial charge in [0.15, 0.2) is 0 Å². The van der Waals surface area contributed by atoms with Crippen LogP contribution in [0.25, 0.3) is 0 Å². The molecule has 0 aliphatic carbocycles. The van der Waals surface area contributed by atoms with Crippen LogP contribution in [-0.4, -0.2) is 24.7 Å². The molecule has 0 saturated carbocycles. The van der Waals surface area contributed by atoms with Crippen LogP contribution >= 0.6 is 0 Å². The van der Waals surface area contributed by atoms with E-state index in [-0.39, 0.29) is 6.67 Å². The van der Waals surface area contributed by atoms with Crippen LogP contribution in [0, 0.1) is 0 Å². The number of likely N-dealkylation sites (tertiary alicyclic amines) is 1. The average molecular weight is 221 g/mol. The van der Waals surface area contributed by atoms with Crippen LogP contribution in [-0.2, 0) is 0 Å². The molecule has 88 valence electrons. The maximum absolute atomic E-state index is 12.3. The summed E-state index contributed by atoms with van der Waals surface area (Å²) in [6.07, 6.45) is 4.45. The third-order valence-corrected chi connectivity index (χ3v) is 3.38. The van der Waals surface area contributed by atoms with Crippen molar-refractivity contribution in [3.63, 3.8) is 0 Å². The van der Waals surface area contributed by atoms with Gasteiger partial charge in [0.1, 0.15) is 0 Å². The number of benzene rings is 1. The number of piperidine rings is 1. The first kappa shape index (κ1) is 11.6. The molecule has 0 bridgehead atoms. The normalized spacial score (nSPS) is 22.2. The summed E-state index contributed by atoms with van der Waals surface area (Å²) < 4.78 is 12.3. The first-order chi connectivity index (χ1) is 7.92.